The minimum atomic E-state index is -0.670. The van der Waals surface area contributed by atoms with E-state index in [1.54, 1.807) is 0 Å². The molecule has 130 valence electrons. The van der Waals surface area contributed by atoms with E-state index < -0.39 is 5.97 Å². The molecule has 3 atom stereocenters. The molecule has 4 nitrogen and oxygen atoms in total. The van der Waals surface area contributed by atoms with Crippen molar-refractivity contribution in [3.05, 3.63) is 0 Å². The normalized spacial score (nSPS) is 25.3. The van der Waals surface area contributed by atoms with Gasteiger partial charge in [-0.15, -0.1) is 0 Å². The highest BCUT2D eigenvalue weighted by Gasteiger charge is 2.24. The average Bonchev–Trinajstić information content (AvgIpc) is 2.48. The number of piperidine rings is 1. The van der Waals surface area contributed by atoms with Gasteiger partial charge >= 0.3 is 5.97 Å². The Labute approximate surface area is 135 Å². The van der Waals surface area contributed by atoms with E-state index >= 15 is 0 Å². The number of aliphatic hydroxyl groups is 1. The van der Waals surface area contributed by atoms with Gasteiger partial charge in [0, 0.05) is 18.5 Å². The lowest BCUT2D eigenvalue weighted by Gasteiger charge is -2.32. The van der Waals surface area contributed by atoms with Crippen LogP contribution in [0.15, 0.2) is 0 Å². The Morgan fingerprint density at radius 3 is 2.05 bits per heavy atom. The first-order chi connectivity index (χ1) is 10.6. The quantitative estimate of drug-likeness (QED) is 0.478. The van der Waals surface area contributed by atoms with Gasteiger partial charge in [-0.3, -0.25) is 4.79 Å². The maximum absolute atomic E-state index is 10.4. The van der Waals surface area contributed by atoms with Crippen LogP contribution in [-0.4, -0.2) is 34.4 Å². The third-order valence-corrected chi connectivity index (χ3v) is 4.83. The molecule has 1 aliphatic heterocycles. The maximum Gasteiger partial charge on any atom is 0.303 e. The molecule has 1 aliphatic rings. The summed E-state index contributed by atoms with van der Waals surface area (Å²) in [6.07, 6.45) is 14.3. The van der Waals surface area contributed by atoms with Crippen molar-refractivity contribution in [3.8, 4) is 0 Å². The molecule has 0 aliphatic carbocycles. The largest absolute Gasteiger partial charge is 0.481 e. The topological polar surface area (TPSA) is 69.6 Å². The molecule has 0 unspecified atom stereocenters. The number of aliphatic hydroxyl groups excluding tert-OH is 1. The molecule has 1 fully saturated rings. The molecule has 1 saturated heterocycles. The SMILES string of the molecule is C[C@H]1N[C@@H](CCCCCCCCCCCC(=O)O)CC[C@H]1O. The smallest absolute Gasteiger partial charge is 0.303 e. The van der Waals surface area contributed by atoms with Crippen LogP contribution in [0.5, 0.6) is 0 Å². The van der Waals surface area contributed by atoms with Gasteiger partial charge in [-0.05, 0) is 32.6 Å². The number of hydrogen-bond donors (Lipinski definition) is 3. The van der Waals surface area contributed by atoms with E-state index in [4.69, 9.17) is 5.11 Å². The van der Waals surface area contributed by atoms with Gasteiger partial charge in [-0.2, -0.15) is 0 Å². The van der Waals surface area contributed by atoms with E-state index in [9.17, 15) is 9.90 Å². The molecule has 0 aromatic carbocycles. The lowest BCUT2D eigenvalue weighted by Crippen LogP contribution is -2.48. The van der Waals surface area contributed by atoms with Gasteiger partial charge in [0.15, 0.2) is 0 Å². The zero-order valence-corrected chi connectivity index (χ0v) is 14.2. The standard InChI is InChI=1S/C18H35NO3/c1-15-17(20)14-13-16(19-15)11-9-7-5-3-2-4-6-8-10-12-18(21)22/h15-17,19-20H,2-14H2,1H3,(H,21,22)/t15-,16+,17-/m1/s1. The third kappa shape index (κ3) is 9.42. The van der Waals surface area contributed by atoms with Gasteiger partial charge in [-0.25, -0.2) is 0 Å². The van der Waals surface area contributed by atoms with Gasteiger partial charge in [0.25, 0.3) is 0 Å². The van der Waals surface area contributed by atoms with Crippen LogP contribution >= 0.6 is 0 Å². The fourth-order valence-electron chi connectivity index (χ4n) is 3.32. The van der Waals surface area contributed by atoms with E-state index in [1.165, 1.54) is 51.4 Å². The first-order valence-corrected chi connectivity index (χ1v) is 9.25. The van der Waals surface area contributed by atoms with Crippen LogP contribution < -0.4 is 5.32 Å². The average molecular weight is 313 g/mol. The second kappa shape index (κ2) is 11.9. The Bertz CT molecular complexity index is 296. The molecular formula is C18H35NO3. The number of nitrogens with one attached hydrogen (secondary N) is 1. The lowest BCUT2D eigenvalue weighted by molar-refractivity contribution is -0.137. The van der Waals surface area contributed by atoms with Crippen molar-refractivity contribution in [1.82, 2.24) is 5.32 Å². The van der Waals surface area contributed by atoms with Gasteiger partial charge in [0.05, 0.1) is 6.10 Å². The number of unbranched alkanes of at least 4 members (excludes halogenated alkanes) is 8. The summed E-state index contributed by atoms with van der Waals surface area (Å²) in [6, 6.07) is 0.854. The summed E-state index contributed by atoms with van der Waals surface area (Å²) in [4.78, 5) is 10.4. The van der Waals surface area contributed by atoms with Crippen LogP contribution in [0.3, 0.4) is 0 Å². The zero-order valence-electron chi connectivity index (χ0n) is 14.2. The molecule has 1 rings (SSSR count). The molecule has 0 aromatic heterocycles. The zero-order chi connectivity index (χ0) is 16.2. The molecule has 0 spiro atoms. The summed E-state index contributed by atoms with van der Waals surface area (Å²) < 4.78 is 0. The van der Waals surface area contributed by atoms with Crippen molar-refractivity contribution in [3.63, 3.8) is 0 Å². The molecule has 0 aromatic rings. The van der Waals surface area contributed by atoms with E-state index in [-0.39, 0.29) is 12.1 Å². The van der Waals surface area contributed by atoms with Crippen LogP contribution in [0.25, 0.3) is 0 Å². The predicted octanol–water partition coefficient (Wildman–Crippen LogP) is 3.86. The fourth-order valence-corrected chi connectivity index (χ4v) is 3.32. The molecule has 0 saturated carbocycles. The number of aliphatic carboxylic acids is 1. The molecular weight excluding hydrogens is 278 g/mol. The number of carboxylic acid groups (broad SMARTS) is 1. The molecule has 0 radical (unpaired) electrons. The summed E-state index contributed by atoms with van der Waals surface area (Å²) >= 11 is 0. The van der Waals surface area contributed by atoms with Crippen LogP contribution in [0, 0.1) is 0 Å². The minimum Gasteiger partial charge on any atom is -0.481 e. The molecule has 1 heterocycles. The first-order valence-electron chi connectivity index (χ1n) is 9.25. The van der Waals surface area contributed by atoms with Crippen molar-refractivity contribution >= 4 is 5.97 Å². The van der Waals surface area contributed by atoms with Crippen molar-refractivity contribution in [2.24, 2.45) is 0 Å². The van der Waals surface area contributed by atoms with Gasteiger partial charge < -0.3 is 15.5 Å². The van der Waals surface area contributed by atoms with Crippen LogP contribution in [0.2, 0.25) is 0 Å². The number of carboxylic acids is 1. The summed E-state index contributed by atoms with van der Waals surface area (Å²) in [6.45, 7) is 2.08. The van der Waals surface area contributed by atoms with Crippen molar-refractivity contribution in [2.75, 3.05) is 0 Å². The molecule has 0 bridgehead atoms. The number of carbonyl (C=O) groups is 1. The Morgan fingerprint density at radius 2 is 1.50 bits per heavy atom. The molecule has 4 heteroatoms. The van der Waals surface area contributed by atoms with Crippen molar-refractivity contribution in [1.29, 1.82) is 0 Å². The second-order valence-corrected chi connectivity index (χ2v) is 6.91. The second-order valence-electron chi connectivity index (χ2n) is 6.91. The molecule has 3 N–H and O–H groups in total. The maximum atomic E-state index is 10.4. The first kappa shape index (κ1) is 19.4. The summed E-state index contributed by atoms with van der Waals surface area (Å²) in [5, 5.41) is 21.7. The van der Waals surface area contributed by atoms with Gasteiger partial charge in [-0.1, -0.05) is 51.4 Å². The Morgan fingerprint density at radius 1 is 0.955 bits per heavy atom. The third-order valence-electron chi connectivity index (χ3n) is 4.83. The summed E-state index contributed by atoms with van der Waals surface area (Å²) in [5.41, 5.74) is 0. The van der Waals surface area contributed by atoms with Crippen molar-refractivity contribution in [2.45, 2.75) is 109 Å². The highest BCUT2D eigenvalue weighted by molar-refractivity contribution is 5.66. The number of hydrogen-bond acceptors (Lipinski definition) is 3. The van der Waals surface area contributed by atoms with Gasteiger partial charge in [0.1, 0.15) is 0 Å². The van der Waals surface area contributed by atoms with E-state index in [0.29, 0.717) is 12.5 Å². The Balaban J connectivity index is 1.81. The highest BCUT2D eigenvalue weighted by atomic mass is 16.4. The predicted molar refractivity (Wildman–Crippen MR) is 90.0 cm³/mol. The molecule has 0 amide bonds. The summed E-state index contributed by atoms with van der Waals surface area (Å²) in [7, 11) is 0. The highest BCUT2D eigenvalue weighted by Crippen LogP contribution is 2.18. The Kier molecular flexibility index (Phi) is 10.5. The van der Waals surface area contributed by atoms with E-state index in [0.717, 1.165) is 25.7 Å². The van der Waals surface area contributed by atoms with E-state index in [1.807, 2.05) is 0 Å². The fraction of sp³-hybridized carbons (Fsp3) is 0.944. The summed E-state index contributed by atoms with van der Waals surface area (Å²) in [5.74, 6) is -0.670. The van der Waals surface area contributed by atoms with E-state index in [2.05, 4.69) is 12.2 Å². The van der Waals surface area contributed by atoms with Crippen LogP contribution in [0.4, 0.5) is 0 Å². The van der Waals surface area contributed by atoms with Gasteiger partial charge in [0.2, 0.25) is 0 Å². The Hall–Kier alpha value is -0.610. The monoisotopic (exact) mass is 313 g/mol. The van der Waals surface area contributed by atoms with Crippen LogP contribution in [-0.2, 0) is 4.79 Å². The lowest BCUT2D eigenvalue weighted by atomic mass is 9.93. The van der Waals surface area contributed by atoms with Crippen molar-refractivity contribution < 1.29 is 15.0 Å². The van der Waals surface area contributed by atoms with Crippen LogP contribution in [0.1, 0.15) is 90.4 Å². The minimum absolute atomic E-state index is 0.160. The number of rotatable bonds is 12. The molecule has 22 heavy (non-hydrogen) atoms.